The summed E-state index contributed by atoms with van der Waals surface area (Å²) < 4.78 is 5.81. The first-order chi connectivity index (χ1) is 14.1. The summed E-state index contributed by atoms with van der Waals surface area (Å²) in [5, 5.41) is 5.28. The molecule has 5 rings (SSSR count). The van der Waals surface area contributed by atoms with E-state index in [-0.39, 0.29) is 35.5 Å². The molecule has 0 spiro atoms. The predicted molar refractivity (Wildman–Crippen MR) is 109 cm³/mol. The van der Waals surface area contributed by atoms with Crippen molar-refractivity contribution < 1.29 is 14.3 Å². The van der Waals surface area contributed by atoms with Gasteiger partial charge < -0.3 is 4.74 Å². The van der Waals surface area contributed by atoms with Crippen molar-refractivity contribution in [3.63, 3.8) is 0 Å². The van der Waals surface area contributed by atoms with Gasteiger partial charge in [0.25, 0.3) is 11.8 Å². The van der Waals surface area contributed by atoms with E-state index >= 15 is 0 Å². The number of carbonyl (C=O) groups excluding carboxylic acids is 2. The molecule has 1 saturated carbocycles. The largest absolute Gasteiger partial charge is 0.489 e. The Labute approximate surface area is 169 Å². The van der Waals surface area contributed by atoms with Gasteiger partial charge in [0.1, 0.15) is 12.4 Å². The van der Waals surface area contributed by atoms with Gasteiger partial charge in [0, 0.05) is 0 Å². The third-order valence-corrected chi connectivity index (χ3v) is 6.18. The summed E-state index contributed by atoms with van der Waals surface area (Å²) >= 11 is 0. The molecule has 2 aromatic carbocycles. The van der Waals surface area contributed by atoms with Crippen LogP contribution in [0.25, 0.3) is 0 Å². The molecule has 2 aliphatic carbocycles. The van der Waals surface area contributed by atoms with E-state index < -0.39 is 0 Å². The summed E-state index contributed by atoms with van der Waals surface area (Å²) in [7, 11) is 0. The lowest BCUT2D eigenvalue weighted by molar-refractivity contribution is -0.140. The second kappa shape index (κ2) is 6.99. The number of aryl methyl sites for hydroxylation is 1. The van der Waals surface area contributed by atoms with Crippen molar-refractivity contribution in [2.45, 2.75) is 20.0 Å². The number of hydrazone groups is 1. The van der Waals surface area contributed by atoms with Crippen LogP contribution in [-0.4, -0.2) is 23.0 Å². The van der Waals surface area contributed by atoms with Crippen LogP contribution in [0.1, 0.15) is 23.1 Å². The number of hydrogen-bond acceptors (Lipinski definition) is 4. The minimum atomic E-state index is -0.216. The molecule has 29 heavy (non-hydrogen) atoms. The summed E-state index contributed by atoms with van der Waals surface area (Å²) in [6, 6.07) is 15.7. The Morgan fingerprint density at radius 1 is 0.966 bits per heavy atom. The first-order valence-electron chi connectivity index (χ1n) is 9.99. The quantitative estimate of drug-likeness (QED) is 0.447. The molecule has 2 fully saturated rings. The molecule has 146 valence electrons. The maximum atomic E-state index is 12.6. The van der Waals surface area contributed by atoms with Gasteiger partial charge in [0.15, 0.2) is 0 Å². The van der Waals surface area contributed by atoms with E-state index in [9.17, 15) is 9.59 Å². The summed E-state index contributed by atoms with van der Waals surface area (Å²) in [6.45, 7) is 2.56. The topological polar surface area (TPSA) is 59.0 Å². The highest BCUT2D eigenvalue weighted by Crippen LogP contribution is 2.52. The summed E-state index contributed by atoms with van der Waals surface area (Å²) in [5.74, 6) is 0.406. The van der Waals surface area contributed by atoms with E-state index in [2.05, 4.69) is 48.4 Å². The molecule has 5 heteroatoms. The average Bonchev–Trinajstić information content (AvgIpc) is 3.41. The number of amides is 2. The van der Waals surface area contributed by atoms with E-state index in [1.165, 1.54) is 5.56 Å². The van der Waals surface area contributed by atoms with Crippen LogP contribution in [0.4, 0.5) is 0 Å². The number of carbonyl (C=O) groups is 2. The zero-order valence-corrected chi connectivity index (χ0v) is 16.2. The molecule has 5 nitrogen and oxygen atoms in total. The van der Waals surface area contributed by atoms with Crippen LogP contribution in [0.3, 0.4) is 0 Å². The average molecular weight is 386 g/mol. The molecule has 2 aromatic rings. The number of fused-ring (bicyclic) bond motifs is 5. The minimum Gasteiger partial charge on any atom is -0.489 e. The Morgan fingerprint density at radius 3 is 2.21 bits per heavy atom. The summed E-state index contributed by atoms with van der Waals surface area (Å²) in [6.07, 6.45) is 6.66. The minimum absolute atomic E-state index is 0.161. The number of benzene rings is 2. The Bertz CT molecular complexity index is 977. The van der Waals surface area contributed by atoms with Gasteiger partial charge in [-0.25, -0.2) is 0 Å². The molecule has 0 N–H and O–H groups in total. The summed E-state index contributed by atoms with van der Waals surface area (Å²) in [5.41, 5.74) is 3.15. The highest BCUT2D eigenvalue weighted by atomic mass is 16.5. The van der Waals surface area contributed by atoms with Crippen molar-refractivity contribution in [1.29, 1.82) is 0 Å². The van der Waals surface area contributed by atoms with Crippen LogP contribution in [0.5, 0.6) is 5.75 Å². The zero-order valence-electron chi connectivity index (χ0n) is 16.2. The molecule has 1 saturated heterocycles. The third kappa shape index (κ3) is 3.16. The molecule has 4 atom stereocenters. The smallest absolute Gasteiger partial charge is 0.254 e. The Hall–Kier alpha value is -3.21. The van der Waals surface area contributed by atoms with Gasteiger partial charge >= 0.3 is 0 Å². The molecule has 1 aliphatic heterocycles. The van der Waals surface area contributed by atoms with E-state index in [1.807, 2.05) is 24.3 Å². The normalized spacial score (nSPS) is 27.3. The Balaban J connectivity index is 1.22. The predicted octanol–water partition coefficient (Wildman–Crippen LogP) is 3.72. The SMILES string of the molecule is Cc1ccc(COc2ccc(/C=N/N3C(=O)C4C5C=CC(C5)C4C3=O)cc2)cc1. The van der Waals surface area contributed by atoms with Gasteiger partial charge in [-0.05, 0) is 60.6 Å². The van der Waals surface area contributed by atoms with Crippen LogP contribution in [0.2, 0.25) is 0 Å². The maximum Gasteiger partial charge on any atom is 0.254 e. The third-order valence-electron chi connectivity index (χ3n) is 6.18. The van der Waals surface area contributed by atoms with Gasteiger partial charge in [-0.15, -0.1) is 0 Å². The first-order valence-corrected chi connectivity index (χ1v) is 9.99. The van der Waals surface area contributed by atoms with Gasteiger partial charge in [0.05, 0.1) is 18.1 Å². The molecule has 2 amide bonds. The van der Waals surface area contributed by atoms with Crippen LogP contribution < -0.4 is 4.74 Å². The monoisotopic (exact) mass is 386 g/mol. The maximum absolute atomic E-state index is 12.6. The molecule has 1 heterocycles. The molecule has 0 aromatic heterocycles. The van der Waals surface area contributed by atoms with E-state index in [1.54, 1.807) is 6.21 Å². The molecule has 3 aliphatic rings. The van der Waals surface area contributed by atoms with Crippen LogP contribution in [-0.2, 0) is 16.2 Å². The molecule has 2 bridgehead atoms. The van der Waals surface area contributed by atoms with Gasteiger partial charge in [-0.3, -0.25) is 9.59 Å². The number of imide groups is 1. The first kappa shape index (κ1) is 17.9. The van der Waals surface area contributed by atoms with Crippen LogP contribution >= 0.6 is 0 Å². The Morgan fingerprint density at radius 2 is 1.59 bits per heavy atom. The standard InChI is InChI=1S/C24H22N2O3/c1-15-2-4-17(5-3-15)14-29-20-10-6-16(7-11-20)13-25-26-23(27)21-18-8-9-19(12-18)22(21)24(26)28/h2-11,13,18-19,21-22H,12,14H2,1H3/b25-13+. The van der Waals surface area contributed by atoms with E-state index in [0.29, 0.717) is 6.61 Å². The fourth-order valence-corrected chi connectivity index (χ4v) is 4.63. The van der Waals surface area contributed by atoms with Gasteiger partial charge in [-0.1, -0.05) is 42.0 Å². The number of allylic oxidation sites excluding steroid dienone is 2. The number of hydrogen-bond donors (Lipinski definition) is 0. The molecule has 4 unspecified atom stereocenters. The fourth-order valence-electron chi connectivity index (χ4n) is 4.63. The molecule has 0 radical (unpaired) electrons. The lowest BCUT2D eigenvalue weighted by atomic mass is 9.85. The van der Waals surface area contributed by atoms with Crippen LogP contribution in [0, 0.1) is 30.6 Å². The van der Waals surface area contributed by atoms with Crippen molar-refractivity contribution in [3.8, 4) is 5.75 Å². The van der Waals surface area contributed by atoms with Crippen molar-refractivity contribution >= 4 is 18.0 Å². The van der Waals surface area contributed by atoms with Crippen molar-refractivity contribution in [2.24, 2.45) is 28.8 Å². The van der Waals surface area contributed by atoms with Crippen molar-refractivity contribution in [2.75, 3.05) is 0 Å². The zero-order chi connectivity index (χ0) is 20.0. The van der Waals surface area contributed by atoms with Gasteiger partial charge in [0.2, 0.25) is 0 Å². The van der Waals surface area contributed by atoms with Crippen molar-refractivity contribution in [1.82, 2.24) is 5.01 Å². The van der Waals surface area contributed by atoms with Gasteiger partial charge in [-0.2, -0.15) is 10.1 Å². The molecular weight excluding hydrogens is 364 g/mol. The van der Waals surface area contributed by atoms with Crippen molar-refractivity contribution in [3.05, 3.63) is 77.4 Å². The summed E-state index contributed by atoms with van der Waals surface area (Å²) in [4.78, 5) is 25.3. The highest BCUT2D eigenvalue weighted by Gasteiger charge is 2.59. The number of rotatable bonds is 5. The van der Waals surface area contributed by atoms with E-state index in [4.69, 9.17) is 4.74 Å². The second-order valence-corrected chi connectivity index (χ2v) is 8.08. The highest BCUT2D eigenvalue weighted by molar-refractivity contribution is 6.06. The fraction of sp³-hybridized carbons (Fsp3) is 0.292. The van der Waals surface area contributed by atoms with Crippen LogP contribution in [0.15, 0.2) is 65.8 Å². The van der Waals surface area contributed by atoms with E-state index in [0.717, 1.165) is 28.3 Å². The second-order valence-electron chi connectivity index (χ2n) is 8.08. The lowest BCUT2D eigenvalue weighted by Crippen LogP contribution is -2.28. The molecular formula is C24H22N2O3. The number of nitrogens with zero attached hydrogens (tertiary/aromatic N) is 2. The number of ether oxygens (including phenoxy) is 1. The lowest BCUT2D eigenvalue weighted by Gasteiger charge is -2.13. The Kier molecular flexibility index (Phi) is 4.31.